The zero-order valence-corrected chi connectivity index (χ0v) is 30.8. The number of hydrogen-bond acceptors (Lipinski definition) is 8. The van der Waals surface area contributed by atoms with Gasteiger partial charge in [-0.1, -0.05) is 74.1 Å². The van der Waals surface area contributed by atoms with E-state index < -0.39 is 64.9 Å². The molecule has 4 rings (SSSR count). The third kappa shape index (κ3) is 9.66. The van der Waals surface area contributed by atoms with Crippen LogP contribution in [0.5, 0.6) is 0 Å². The molecule has 5 amide bonds. The summed E-state index contributed by atoms with van der Waals surface area (Å²) in [6.07, 6.45) is 10.9. The summed E-state index contributed by atoms with van der Waals surface area (Å²) < 4.78 is 0. The van der Waals surface area contributed by atoms with E-state index in [2.05, 4.69) is 31.2 Å². The van der Waals surface area contributed by atoms with Crippen LogP contribution in [0, 0.1) is 29.1 Å². The van der Waals surface area contributed by atoms with Crippen LogP contribution < -0.4 is 21.3 Å². The van der Waals surface area contributed by atoms with Gasteiger partial charge in [0.1, 0.15) is 23.8 Å². The van der Waals surface area contributed by atoms with Crippen LogP contribution in [0.4, 0.5) is 0 Å². The van der Waals surface area contributed by atoms with Gasteiger partial charge in [-0.2, -0.15) is 0 Å². The van der Waals surface area contributed by atoms with Gasteiger partial charge in [-0.05, 0) is 61.2 Å². The molecule has 0 bridgehead atoms. The van der Waals surface area contributed by atoms with Gasteiger partial charge in [0.25, 0.3) is 11.8 Å². The maximum absolute atomic E-state index is 14.6. The molecule has 13 heteroatoms. The van der Waals surface area contributed by atoms with E-state index >= 15 is 0 Å². The Morgan fingerprint density at radius 3 is 2.20 bits per heavy atom. The van der Waals surface area contributed by atoms with E-state index in [1.54, 1.807) is 0 Å². The summed E-state index contributed by atoms with van der Waals surface area (Å²) in [6, 6.07) is -3.85. The topological polar surface area (TPSA) is 180 Å². The molecule has 0 spiro atoms. The lowest BCUT2D eigenvalue weighted by Crippen LogP contribution is -2.62. The van der Waals surface area contributed by atoms with E-state index in [-0.39, 0.29) is 35.9 Å². The van der Waals surface area contributed by atoms with Crippen molar-refractivity contribution in [2.45, 2.75) is 136 Å². The van der Waals surface area contributed by atoms with Crippen LogP contribution in [-0.2, 0) is 24.0 Å². The van der Waals surface area contributed by atoms with Crippen LogP contribution in [0.25, 0.3) is 0 Å². The summed E-state index contributed by atoms with van der Waals surface area (Å²) in [4.78, 5) is 91.6. The van der Waals surface area contributed by atoms with Crippen molar-refractivity contribution in [3.05, 3.63) is 24.3 Å². The lowest BCUT2D eigenvalue weighted by atomic mass is 9.82. The molecule has 1 aliphatic heterocycles. The maximum atomic E-state index is 14.6. The Balaban J connectivity index is 1.56. The molecule has 1 aromatic rings. The Bertz CT molecular complexity index is 1390. The fourth-order valence-corrected chi connectivity index (χ4v) is 7.38. The number of carbonyl (C=O) groups is 6. The molecule has 2 unspecified atom stereocenters. The number of nitrogens with one attached hydrogen (secondary N) is 4. The minimum atomic E-state index is -1.02. The van der Waals surface area contributed by atoms with Crippen LogP contribution in [0.3, 0.4) is 0 Å². The van der Waals surface area contributed by atoms with Gasteiger partial charge >= 0.3 is 0 Å². The average molecular weight is 696 g/mol. The molecule has 2 saturated carbocycles. The van der Waals surface area contributed by atoms with Crippen LogP contribution >= 0.6 is 0 Å². The number of rotatable bonds is 14. The molecule has 0 aromatic carbocycles. The number of aromatic nitrogens is 2. The SMILES string of the molecule is CCC[C@H](NC(=O)[C@@H]1C(C(C)C)CCN1C(=O)[C@@H](NC(=O)[C@@H](NC(=O)c1cnccn1)C1CCCCC1)C(C)(C)C)C(=O)C(=O)NC1C[C@@H]1C. The van der Waals surface area contributed by atoms with Crippen molar-refractivity contribution >= 4 is 35.3 Å². The number of likely N-dealkylation sites (tertiary alicyclic amines) is 1. The van der Waals surface area contributed by atoms with Gasteiger partial charge in [-0.3, -0.25) is 33.8 Å². The van der Waals surface area contributed by atoms with Gasteiger partial charge in [0, 0.05) is 25.0 Å². The quantitative estimate of drug-likeness (QED) is 0.215. The molecular weight excluding hydrogens is 638 g/mol. The number of hydrogen-bond donors (Lipinski definition) is 4. The van der Waals surface area contributed by atoms with Crippen molar-refractivity contribution in [1.29, 1.82) is 0 Å². The number of ketones is 1. The van der Waals surface area contributed by atoms with Crippen molar-refractivity contribution in [3.8, 4) is 0 Å². The van der Waals surface area contributed by atoms with Crippen molar-refractivity contribution in [2.24, 2.45) is 29.1 Å². The van der Waals surface area contributed by atoms with E-state index in [0.29, 0.717) is 25.3 Å². The predicted octanol–water partition coefficient (Wildman–Crippen LogP) is 2.94. The van der Waals surface area contributed by atoms with Crippen molar-refractivity contribution in [1.82, 2.24) is 36.1 Å². The lowest BCUT2D eigenvalue weighted by Gasteiger charge is -2.38. The highest BCUT2D eigenvalue weighted by atomic mass is 16.2. The van der Waals surface area contributed by atoms with E-state index in [4.69, 9.17) is 0 Å². The Morgan fingerprint density at radius 2 is 1.64 bits per heavy atom. The van der Waals surface area contributed by atoms with E-state index in [9.17, 15) is 28.8 Å². The molecule has 276 valence electrons. The van der Waals surface area contributed by atoms with Crippen molar-refractivity contribution in [3.63, 3.8) is 0 Å². The minimum Gasteiger partial charge on any atom is -0.346 e. The third-order valence-electron chi connectivity index (χ3n) is 10.6. The lowest BCUT2D eigenvalue weighted by molar-refractivity contribution is -0.146. The van der Waals surface area contributed by atoms with Gasteiger partial charge in [0.2, 0.25) is 23.5 Å². The molecule has 2 heterocycles. The Hall–Kier alpha value is -3.90. The normalized spacial score (nSPS) is 24.1. The summed E-state index contributed by atoms with van der Waals surface area (Å²) in [5.41, 5.74) is -0.663. The first kappa shape index (κ1) is 38.9. The molecule has 4 N–H and O–H groups in total. The monoisotopic (exact) mass is 695 g/mol. The number of Topliss-reactive ketones (excluding diaryl/α,β-unsaturated/α-hetero) is 1. The summed E-state index contributed by atoms with van der Waals surface area (Å²) in [5.74, 6) is -3.22. The van der Waals surface area contributed by atoms with E-state index in [1.807, 2.05) is 48.5 Å². The second kappa shape index (κ2) is 16.9. The van der Waals surface area contributed by atoms with Gasteiger partial charge < -0.3 is 26.2 Å². The first-order valence-electron chi connectivity index (χ1n) is 18.5. The van der Waals surface area contributed by atoms with Gasteiger partial charge in [-0.15, -0.1) is 0 Å². The van der Waals surface area contributed by atoms with Gasteiger partial charge in [0.15, 0.2) is 0 Å². The van der Waals surface area contributed by atoms with Crippen molar-refractivity contribution in [2.75, 3.05) is 6.54 Å². The molecule has 7 atom stereocenters. The summed E-state index contributed by atoms with van der Waals surface area (Å²) in [5, 5.41) is 11.5. The zero-order valence-electron chi connectivity index (χ0n) is 30.8. The predicted molar refractivity (Wildman–Crippen MR) is 187 cm³/mol. The molecular formula is C37H57N7O6. The Kier molecular flexibility index (Phi) is 13.1. The van der Waals surface area contributed by atoms with Crippen LogP contribution in [0.2, 0.25) is 0 Å². The molecule has 1 saturated heterocycles. The number of nitrogens with zero attached hydrogens (tertiary/aromatic N) is 3. The van der Waals surface area contributed by atoms with Gasteiger partial charge in [-0.25, -0.2) is 4.98 Å². The van der Waals surface area contributed by atoms with E-state index in [0.717, 1.165) is 38.5 Å². The average Bonchev–Trinajstić information content (AvgIpc) is 3.58. The molecule has 2 aliphatic carbocycles. The Morgan fingerprint density at radius 1 is 0.960 bits per heavy atom. The minimum absolute atomic E-state index is 0.0275. The first-order chi connectivity index (χ1) is 23.6. The zero-order chi connectivity index (χ0) is 36.7. The standard InChI is InChI=1S/C37H57N7O6/c1-8-12-25(30(45)35(49)41-26-19-22(26)4)40-34(48)29-24(21(2)3)15-18-44(29)36(50)31(37(5,6)7)43-33(47)28(23-13-10-9-11-14-23)42-32(46)27-20-38-16-17-39-27/h16-17,20-26,28-29,31H,8-15,18-19H2,1-7H3,(H,40,48)(H,41,49)(H,42,46)(H,43,47)/t22-,24?,25-,26?,28-,29-,31+/m0/s1. The fraction of sp³-hybridized carbons (Fsp3) is 0.730. The first-order valence-corrected chi connectivity index (χ1v) is 18.5. The highest BCUT2D eigenvalue weighted by molar-refractivity contribution is 6.38. The molecule has 1 aromatic heterocycles. The van der Waals surface area contributed by atoms with Crippen LogP contribution in [0.1, 0.15) is 117 Å². The smallest absolute Gasteiger partial charge is 0.289 e. The summed E-state index contributed by atoms with van der Waals surface area (Å²) in [7, 11) is 0. The molecule has 50 heavy (non-hydrogen) atoms. The summed E-state index contributed by atoms with van der Waals surface area (Å²) >= 11 is 0. The highest BCUT2D eigenvalue weighted by Gasteiger charge is 2.48. The molecule has 3 fully saturated rings. The van der Waals surface area contributed by atoms with E-state index in [1.165, 1.54) is 23.5 Å². The summed E-state index contributed by atoms with van der Waals surface area (Å²) in [6.45, 7) is 13.7. The fourth-order valence-electron chi connectivity index (χ4n) is 7.38. The maximum Gasteiger partial charge on any atom is 0.289 e. The van der Waals surface area contributed by atoms with Crippen LogP contribution in [-0.4, -0.2) is 86.9 Å². The van der Waals surface area contributed by atoms with Crippen LogP contribution in [0.15, 0.2) is 18.6 Å². The number of amides is 5. The second-order valence-electron chi connectivity index (χ2n) is 15.9. The Labute approximate surface area is 296 Å². The largest absolute Gasteiger partial charge is 0.346 e. The number of carbonyl (C=O) groups excluding carboxylic acids is 6. The molecule has 3 aliphatic rings. The highest BCUT2D eigenvalue weighted by Crippen LogP contribution is 2.34. The van der Waals surface area contributed by atoms with Gasteiger partial charge in [0.05, 0.1) is 12.2 Å². The molecule has 13 nitrogen and oxygen atoms in total. The molecule has 0 radical (unpaired) electrons. The van der Waals surface area contributed by atoms with Crippen molar-refractivity contribution < 1.29 is 28.8 Å². The third-order valence-corrected chi connectivity index (χ3v) is 10.6. The second-order valence-corrected chi connectivity index (χ2v) is 15.9.